The van der Waals surface area contributed by atoms with Crippen LogP contribution in [0.5, 0.6) is 0 Å². The lowest BCUT2D eigenvalue weighted by atomic mass is 9.79. The van der Waals surface area contributed by atoms with Crippen molar-refractivity contribution >= 4 is 10.0 Å². The largest absolute Gasteiger partial charge is 0.316 e. The maximum absolute atomic E-state index is 12.6. The number of hydrogen-bond acceptors (Lipinski definition) is 3. The fraction of sp³-hybridized carbons (Fsp3) is 0.625. The van der Waals surface area contributed by atoms with Crippen LogP contribution in [-0.2, 0) is 10.0 Å². The minimum atomic E-state index is -3.41. The van der Waals surface area contributed by atoms with Crippen LogP contribution in [0.3, 0.4) is 0 Å². The van der Waals surface area contributed by atoms with Crippen LogP contribution in [0.4, 0.5) is 0 Å². The Kier molecular flexibility index (Phi) is 4.08. The van der Waals surface area contributed by atoms with Crippen LogP contribution in [0.15, 0.2) is 23.1 Å². The summed E-state index contributed by atoms with van der Waals surface area (Å²) >= 11 is 0. The predicted octanol–water partition coefficient (Wildman–Crippen LogP) is 1.97. The molecule has 4 nitrogen and oxygen atoms in total. The van der Waals surface area contributed by atoms with E-state index < -0.39 is 10.0 Å². The number of aryl methyl sites for hydroxylation is 2. The summed E-state index contributed by atoms with van der Waals surface area (Å²) in [5, 5.41) is 3.42. The summed E-state index contributed by atoms with van der Waals surface area (Å²) in [5.74, 6) is 1.37. The van der Waals surface area contributed by atoms with Crippen LogP contribution in [0.2, 0.25) is 0 Å². The first-order valence-corrected chi connectivity index (χ1v) is 9.24. The number of sulfonamides is 1. The molecule has 1 aromatic rings. The SMILES string of the molecule is Cc1ccc(C)c(S(=O)(=O)NC2CC[C@H]3CNC[C@H]3C2)c1. The van der Waals surface area contributed by atoms with Gasteiger partial charge in [0.2, 0.25) is 10.0 Å². The van der Waals surface area contributed by atoms with Crippen LogP contribution in [-0.4, -0.2) is 27.5 Å². The first-order valence-electron chi connectivity index (χ1n) is 7.76. The third-order valence-corrected chi connectivity index (χ3v) is 6.57. The van der Waals surface area contributed by atoms with E-state index >= 15 is 0 Å². The van der Waals surface area contributed by atoms with Gasteiger partial charge in [-0.25, -0.2) is 13.1 Å². The highest BCUT2D eigenvalue weighted by atomic mass is 32.2. The Hall–Kier alpha value is -0.910. The van der Waals surface area contributed by atoms with Crippen LogP contribution in [0, 0.1) is 25.7 Å². The summed E-state index contributed by atoms with van der Waals surface area (Å²) in [7, 11) is -3.41. The normalized spacial score (nSPS) is 29.3. The molecule has 2 aliphatic rings. The third-order valence-electron chi connectivity index (χ3n) is 4.91. The molecular formula is C16H24N2O2S. The van der Waals surface area contributed by atoms with Crippen molar-refractivity contribution in [3.8, 4) is 0 Å². The lowest BCUT2D eigenvalue weighted by Crippen LogP contribution is -2.40. The summed E-state index contributed by atoms with van der Waals surface area (Å²) in [6.45, 7) is 5.91. The highest BCUT2D eigenvalue weighted by molar-refractivity contribution is 7.89. The van der Waals surface area contributed by atoms with Gasteiger partial charge in [0.05, 0.1) is 4.90 Å². The molecule has 0 radical (unpaired) electrons. The summed E-state index contributed by atoms with van der Waals surface area (Å²) in [6, 6.07) is 5.67. The first-order chi connectivity index (χ1) is 9.95. The fourth-order valence-corrected chi connectivity index (χ4v) is 5.30. The smallest absolute Gasteiger partial charge is 0.241 e. The van der Waals surface area contributed by atoms with Gasteiger partial charge in [-0.05, 0) is 75.2 Å². The molecule has 1 heterocycles. The maximum Gasteiger partial charge on any atom is 0.241 e. The fourth-order valence-electron chi connectivity index (χ4n) is 3.69. The van der Waals surface area contributed by atoms with Crippen molar-refractivity contribution in [2.45, 2.75) is 44.0 Å². The van der Waals surface area contributed by atoms with Crippen molar-refractivity contribution in [1.29, 1.82) is 0 Å². The van der Waals surface area contributed by atoms with Crippen molar-refractivity contribution in [2.75, 3.05) is 13.1 Å². The van der Waals surface area contributed by atoms with Crippen molar-refractivity contribution < 1.29 is 8.42 Å². The maximum atomic E-state index is 12.6. The Labute approximate surface area is 127 Å². The van der Waals surface area contributed by atoms with Gasteiger partial charge in [-0.1, -0.05) is 12.1 Å². The highest BCUT2D eigenvalue weighted by Gasteiger charge is 2.35. The molecule has 1 aromatic carbocycles. The van der Waals surface area contributed by atoms with E-state index in [1.807, 2.05) is 26.0 Å². The lowest BCUT2D eigenvalue weighted by molar-refractivity contribution is 0.260. The van der Waals surface area contributed by atoms with E-state index in [1.54, 1.807) is 6.07 Å². The van der Waals surface area contributed by atoms with E-state index in [9.17, 15) is 8.42 Å². The van der Waals surface area contributed by atoms with E-state index in [4.69, 9.17) is 0 Å². The molecule has 5 heteroatoms. The van der Waals surface area contributed by atoms with Gasteiger partial charge in [-0.15, -0.1) is 0 Å². The van der Waals surface area contributed by atoms with Crippen molar-refractivity contribution in [2.24, 2.45) is 11.8 Å². The molecule has 2 fully saturated rings. The molecule has 0 spiro atoms. The van der Waals surface area contributed by atoms with E-state index in [0.717, 1.165) is 49.4 Å². The van der Waals surface area contributed by atoms with Gasteiger partial charge in [-0.2, -0.15) is 0 Å². The minimum absolute atomic E-state index is 0.0797. The second kappa shape index (κ2) is 5.71. The molecule has 116 valence electrons. The van der Waals surface area contributed by atoms with Crippen molar-refractivity contribution in [3.05, 3.63) is 29.3 Å². The van der Waals surface area contributed by atoms with Crippen molar-refractivity contribution in [1.82, 2.24) is 10.0 Å². The monoisotopic (exact) mass is 308 g/mol. The van der Waals surface area contributed by atoms with Crippen LogP contribution >= 0.6 is 0 Å². The van der Waals surface area contributed by atoms with Gasteiger partial charge in [0.15, 0.2) is 0 Å². The average molecular weight is 308 g/mol. The quantitative estimate of drug-likeness (QED) is 0.897. The third kappa shape index (κ3) is 3.15. The Morgan fingerprint density at radius 1 is 1.14 bits per heavy atom. The molecule has 1 unspecified atom stereocenters. The predicted molar refractivity (Wildman–Crippen MR) is 83.7 cm³/mol. The average Bonchev–Trinajstić information content (AvgIpc) is 2.88. The number of hydrogen-bond donors (Lipinski definition) is 2. The number of fused-ring (bicyclic) bond motifs is 1. The molecule has 1 aliphatic heterocycles. The molecule has 1 aliphatic carbocycles. The second-order valence-electron chi connectivity index (χ2n) is 6.58. The van der Waals surface area contributed by atoms with E-state index in [-0.39, 0.29) is 6.04 Å². The second-order valence-corrected chi connectivity index (χ2v) is 8.26. The zero-order valence-corrected chi connectivity index (χ0v) is 13.5. The molecule has 1 saturated carbocycles. The van der Waals surface area contributed by atoms with Crippen LogP contribution in [0.25, 0.3) is 0 Å². The Morgan fingerprint density at radius 3 is 2.71 bits per heavy atom. The van der Waals surface area contributed by atoms with E-state index in [1.165, 1.54) is 0 Å². The first kappa shape index (κ1) is 15.0. The number of rotatable bonds is 3. The lowest BCUT2D eigenvalue weighted by Gasteiger charge is -2.31. The van der Waals surface area contributed by atoms with Gasteiger partial charge in [0.1, 0.15) is 0 Å². The standard InChI is InChI=1S/C16H24N2O2S/c1-11-3-4-12(2)16(7-11)21(19,20)18-15-6-5-13-9-17-10-14(13)8-15/h3-4,7,13-15,17-18H,5-6,8-10H2,1-2H3/t13-,14+,15?/m0/s1. The van der Waals surface area contributed by atoms with Gasteiger partial charge in [0, 0.05) is 6.04 Å². The molecule has 2 N–H and O–H groups in total. The topological polar surface area (TPSA) is 58.2 Å². The summed E-state index contributed by atoms with van der Waals surface area (Å²) in [5.41, 5.74) is 1.79. The Balaban J connectivity index is 1.75. The zero-order valence-electron chi connectivity index (χ0n) is 12.7. The molecule has 0 bridgehead atoms. The van der Waals surface area contributed by atoms with E-state index in [2.05, 4.69) is 10.0 Å². The van der Waals surface area contributed by atoms with Gasteiger partial charge >= 0.3 is 0 Å². The van der Waals surface area contributed by atoms with Crippen LogP contribution in [0.1, 0.15) is 30.4 Å². The molecule has 3 atom stereocenters. The Morgan fingerprint density at radius 2 is 1.90 bits per heavy atom. The molecule has 21 heavy (non-hydrogen) atoms. The van der Waals surface area contributed by atoms with Gasteiger partial charge < -0.3 is 5.32 Å². The molecular weight excluding hydrogens is 284 g/mol. The zero-order chi connectivity index (χ0) is 15.0. The summed E-state index contributed by atoms with van der Waals surface area (Å²) in [6.07, 6.45) is 3.03. The van der Waals surface area contributed by atoms with Gasteiger partial charge in [-0.3, -0.25) is 0 Å². The molecule has 0 aromatic heterocycles. The van der Waals surface area contributed by atoms with Gasteiger partial charge in [0.25, 0.3) is 0 Å². The summed E-state index contributed by atoms with van der Waals surface area (Å²) in [4.78, 5) is 0.425. The number of benzene rings is 1. The highest BCUT2D eigenvalue weighted by Crippen LogP contribution is 2.33. The molecule has 1 saturated heterocycles. The Bertz CT molecular complexity index is 627. The number of nitrogens with one attached hydrogen (secondary N) is 2. The molecule has 3 rings (SSSR count). The van der Waals surface area contributed by atoms with Crippen LogP contribution < -0.4 is 10.0 Å². The van der Waals surface area contributed by atoms with Crippen molar-refractivity contribution in [3.63, 3.8) is 0 Å². The minimum Gasteiger partial charge on any atom is -0.316 e. The van der Waals surface area contributed by atoms with E-state index in [0.29, 0.717) is 10.8 Å². The summed E-state index contributed by atoms with van der Waals surface area (Å²) < 4.78 is 28.2. The molecule has 0 amide bonds.